The number of amides is 2. The zero-order valence-electron chi connectivity index (χ0n) is 17.9. The molecular weight excluding hydrogens is 420 g/mol. The molecule has 0 fully saturated rings. The van der Waals surface area contributed by atoms with Crippen LogP contribution in [0.25, 0.3) is 6.08 Å². The van der Waals surface area contributed by atoms with E-state index in [0.29, 0.717) is 34.2 Å². The van der Waals surface area contributed by atoms with E-state index in [9.17, 15) is 14.4 Å². The first-order valence-electron chi connectivity index (χ1n) is 9.32. The molecule has 0 bridgehead atoms. The molecule has 2 rings (SSSR count). The van der Waals surface area contributed by atoms with Crippen LogP contribution in [0, 0.1) is 0 Å². The highest BCUT2D eigenvalue weighted by Crippen LogP contribution is 2.29. The Labute approximate surface area is 184 Å². The number of methoxy groups -OCH3 is 3. The Morgan fingerprint density at radius 3 is 2.31 bits per heavy atom. The fraction of sp³-hybridized carbons (Fsp3) is 0.227. The third-order valence-electron chi connectivity index (χ3n) is 4.00. The lowest BCUT2D eigenvalue weighted by Crippen LogP contribution is -2.20. The van der Waals surface area contributed by atoms with Gasteiger partial charge >= 0.3 is 5.97 Å². The number of hydrogen-bond acceptors (Lipinski definition) is 8. The van der Waals surface area contributed by atoms with E-state index in [2.05, 4.69) is 5.32 Å². The average molecular weight is 444 g/mol. The summed E-state index contributed by atoms with van der Waals surface area (Å²) in [5.41, 5.74) is 6.08. The van der Waals surface area contributed by atoms with Crippen molar-refractivity contribution >= 4 is 29.5 Å². The van der Waals surface area contributed by atoms with Crippen molar-refractivity contribution in [3.63, 3.8) is 0 Å². The van der Waals surface area contributed by atoms with Crippen molar-refractivity contribution in [2.75, 3.05) is 39.9 Å². The number of hydrogen-bond donors (Lipinski definition) is 2. The fourth-order valence-electron chi connectivity index (χ4n) is 2.49. The molecule has 0 saturated heterocycles. The molecule has 0 aliphatic heterocycles. The van der Waals surface area contributed by atoms with Crippen molar-refractivity contribution in [2.24, 2.45) is 5.73 Å². The Hall–Kier alpha value is -4.21. The summed E-state index contributed by atoms with van der Waals surface area (Å²) in [5.74, 6) is -0.205. The van der Waals surface area contributed by atoms with Gasteiger partial charge in [0.15, 0.2) is 24.7 Å². The molecular formula is C22H24N2O8. The van der Waals surface area contributed by atoms with Gasteiger partial charge in [-0.1, -0.05) is 6.07 Å². The second-order valence-electron chi connectivity index (χ2n) is 6.22. The lowest BCUT2D eigenvalue weighted by molar-refractivity contribution is -0.142. The van der Waals surface area contributed by atoms with E-state index in [1.54, 1.807) is 36.4 Å². The van der Waals surface area contributed by atoms with Gasteiger partial charge in [-0.25, -0.2) is 4.79 Å². The molecule has 0 aliphatic carbocycles. The van der Waals surface area contributed by atoms with Crippen molar-refractivity contribution in [2.45, 2.75) is 0 Å². The number of carbonyl (C=O) groups is 3. The van der Waals surface area contributed by atoms with Gasteiger partial charge in [0.05, 0.1) is 27.0 Å². The topological polar surface area (TPSA) is 135 Å². The maximum absolute atomic E-state index is 12.1. The van der Waals surface area contributed by atoms with Gasteiger partial charge in [0.25, 0.3) is 11.8 Å². The van der Waals surface area contributed by atoms with Crippen LogP contribution in [-0.4, -0.2) is 52.3 Å². The molecule has 0 aromatic heterocycles. The first-order valence-corrected chi connectivity index (χ1v) is 9.32. The third kappa shape index (κ3) is 7.24. The monoisotopic (exact) mass is 444 g/mol. The van der Waals surface area contributed by atoms with Gasteiger partial charge in [0.1, 0.15) is 11.5 Å². The van der Waals surface area contributed by atoms with Crippen molar-refractivity contribution < 1.29 is 38.1 Å². The highest BCUT2D eigenvalue weighted by molar-refractivity contribution is 5.95. The molecule has 0 aliphatic rings. The number of ether oxygens (including phenoxy) is 5. The number of nitrogens with one attached hydrogen (secondary N) is 1. The molecule has 10 nitrogen and oxygen atoms in total. The Kier molecular flexibility index (Phi) is 8.91. The highest BCUT2D eigenvalue weighted by atomic mass is 16.5. The maximum Gasteiger partial charge on any atom is 0.331 e. The Morgan fingerprint density at radius 1 is 0.906 bits per heavy atom. The van der Waals surface area contributed by atoms with E-state index in [4.69, 9.17) is 29.4 Å². The minimum absolute atomic E-state index is 0.289. The summed E-state index contributed by atoms with van der Waals surface area (Å²) in [6.45, 7) is -0.774. The smallest absolute Gasteiger partial charge is 0.331 e. The Bertz CT molecular complexity index is 1000. The zero-order valence-corrected chi connectivity index (χ0v) is 17.9. The summed E-state index contributed by atoms with van der Waals surface area (Å²) in [6, 6.07) is 9.70. The Morgan fingerprint density at radius 2 is 1.66 bits per heavy atom. The molecule has 0 atom stereocenters. The summed E-state index contributed by atoms with van der Waals surface area (Å²) in [7, 11) is 4.41. The van der Waals surface area contributed by atoms with Gasteiger partial charge in [-0.15, -0.1) is 0 Å². The minimum atomic E-state index is -0.713. The number of primary amides is 1. The predicted molar refractivity (Wildman–Crippen MR) is 116 cm³/mol. The van der Waals surface area contributed by atoms with Crippen molar-refractivity contribution in [3.8, 4) is 23.0 Å². The van der Waals surface area contributed by atoms with E-state index in [1.165, 1.54) is 33.5 Å². The van der Waals surface area contributed by atoms with E-state index in [-0.39, 0.29) is 6.61 Å². The normalized spacial score (nSPS) is 10.3. The van der Waals surface area contributed by atoms with Gasteiger partial charge in [-0.3, -0.25) is 9.59 Å². The first kappa shape index (κ1) is 24.1. The molecule has 0 saturated carbocycles. The zero-order chi connectivity index (χ0) is 23.5. The van der Waals surface area contributed by atoms with E-state index in [0.717, 1.165) is 0 Å². The van der Waals surface area contributed by atoms with Crippen LogP contribution >= 0.6 is 0 Å². The van der Waals surface area contributed by atoms with Crippen molar-refractivity contribution in [1.82, 2.24) is 0 Å². The molecule has 3 N–H and O–H groups in total. The molecule has 32 heavy (non-hydrogen) atoms. The summed E-state index contributed by atoms with van der Waals surface area (Å²) >= 11 is 0. The van der Waals surface area contributed by atoms with Gasteiger partial charge in [-0.05, 0) is 35.9 Å². The third-order valence-corrected chi connectivity index (χ3v) is 4.00. The first-order chi connectivity index (χ1) is 15.4. The highest BCUT2D eigenvalue weighted by Gasteiger charge is 2.11. The number of benzene rings is 2. The number of carbonyl (C=O) groups excluding carboxylic acids is 3. The van der Waals surface area contributed by atoms with Gasteiger partial charge < -0.3 is 34.7 Å². The number of rotatable bonds is 11. The van der Waals surface area contributed by atoms with E-state index in [1.807, 2.05) is 0 Å². The predicted octanol–water partition coefficient (Wildman–Crippen LogP) is 1.77. The molecule has 0 radical (unpaired) electrons. The lowest BCUT2D eigenvalue weighted by atomic mass is 10.2. The summed E-state index contributed by atoms with van der Waals surface area (Å²) in [6.07, 6.45) is 2.65. The van der Waals surface area contributed by atoms with Crippen LogP contribution in [0.5, 0.6) is 23.0 Å². The van der Waals surface area contributed by atoms with Gasteiger partial charge in [0, 0.05) is 12.1 Å². The molecule has 2 aromatic carbocycles. The molecule has 2 amide bonds. The van der Waals surface area contributed by atoms with Crippen LogP contribution in [0.4, 0.5) is 5.69 Å². The average Bonchev–Trinajstić information content (AvgIpc) is 2.80. The van der Waals surface area contributed by atoms with Crippen LogP contribution in [0.3, 0.4) is 0 Å². The van der Waals surface area contributed by atoms with E-state index >= 15 is 0 Å². The van der Waals surface area contributed by atoms with Crippen LogP contribution in [0.1, 0.15) is 5.56 Å². The SMILES string of the molecule is COc1ccc(NC(=O)COC(=O)/C=C/c2ccc(OCC(N)=O)c(OC)c2)c(OC)c1. The summed E-state index contributed by atoms with van der Waals surface area (Å²) in [5, 5.41) is 2.60. The number of esters is 1. The van der Waals surface area contributed by atoms with Gasteiger partial charge in [-0.2, -0.15) is 0 Å². The molecule has 0 heterocycles. The molecule has 0 unspecified atom stereocenters. The van der Waals surface area contributed by atoms with Crippen LogP contribution in [0.15, 0.2) is 42.5 Å². The summed E-state index contributed by atoms with van der Waals surface area (Å²) in [4.78, 5) is 34.9. The molecule has 170 valence electrons. The number of anilines is 1. The Balaban J connectivity index is 1.91. The molecule has 2 aromatic rings. The second kappa shape index (κ2) is 11.8. The molecule has 10 heteroatoms. The van der Waals surface area contributed by atoms with Gasteiger partial charge in [0.2, 0.25) is 0 Å². The maximum atomic E-state index is 12.1. The summed E-state index contributed by atoms with van der Waals surface area (Å²) < 4.78 is 25.7. The molecule has 0 spiro atoms. The van der Waals surface area contributed by atoms with Crippen molar-refractivity contribution in [1.29, 1.82) is 0 Å². The quantitative estimate of drug-likeness (QED) is 0.395. The largest absolute Gasteiger partial charge is 0.497 e. The lowest BCUT2D eigenvalue weighted by Gasteiger charge is -2.11. The minimum Gasteiger partial charge on any atom is -0.497 e. The second-order valence-corrected chi connectivity index (χ2v) is 6.22. The standard InChI is InChI=1S/C22H24N2O8/c1-28-15-6-7-16(18(11-15)29-2)24-21(26)13-32-22(27)9-5-14-4-8-17(19(10-14)30-3)31-12-20(23)25/h4-11H,12-13H2,1-3H3,(H2,23,25)(H,24,26)/b9-5+. The number of nitrogens with two attached hydrogens (primary N) is 1. The fourth-order valence-corrected chi connectivity index (χ4v) is 2.49. The van der Waals surface area contributed by atoms with Crippen molar-refractivity contribution in [3.05, 3.63) is 48.0 Å². The van der Waals surface area contributed by atoms with Crippen LogP contribution in [-0.2, 0) is 19.1 Å². The van der Waals surface area contributed by atoms with Crippen LogP contribution in [0.2, 0.25) is 0 Å². The van der Waals surface area contributed by atoms with E-state index < -0.39 is 24.4 Å². The van der Waals surface area contributed by atoms with Crippen LogP contribution < -0.4 is 30.0 Å².